The summed E-state index contributed by atoms with van der Waals surface area (Å²) in [5.74, 6) is 1.65. The molecule has 0 heterocycles. The third kappa shape index (κ3) is 4.23. The van der Waals surface area contributed by atoms with Crippen LogP contribution in [0.15, 0.2) is 18.2 Å². The van der Waals surface area contributed by atoms with E-state index in [1.165, 1.54) is 24.0 Å². The molecule has 0 saturated carbocycles. The molecule has 4 nitrogen and oxygen atoms in total. The van der Waals surface area contributed by atoms with Gasteiger partial charge in [-0.2, -0.15) is 0 Å². The van der Waals surface area contributed by atoms with E-state index in [9.17, 15) is 4.79 Å². The molecular formula is C18H28N2O2. The molecule has 0 aromatic heterocycles. The number of fused-ring (bicyclic) bond motifs is 1. The second kappa shape index (κ2) is 7.63. The van der Waals surface area contributed by atoms with Gasteiger partial charge in [0.15, 0.2) is 0 Å². The summed E-state index contributed by atoms with van der Waals surface area (Å²) in [6, 6.07) is 6.63. The Morgan fingerprint density at radius 1 is 1.45 bits per heavy atom. The van der Waals surface area contributed by atoms with Gasteiger partial charge in [-0.1, -0.05) is 6.07 Å². The molecular weight excluding hydrogens is 276 g/mol. The van der Waals surface area contributed by atoms with Crippen molar-refractivity contribution in [3.05, 3.63) is 29.3 Å². The van der Waals surface area contributed by atoms with Crippen LogP contribution in [0.3, 0.4) is 0 Å². The van der Waals surface area contributed by atoms with E-state index in [1.807, 2.05) is 0 Å². The fourth-order valence-electron chi connectivity index (χ4n) is 3.09. The van der Waals surface area contributed by atoms with Crippen molar-refractivity contribution < 1.29 is 9.53 Å². The number of hydrogen-bond acceptors (Lipinski definition) is 3. The molecule has 2 unspecified atom stereocenters. The highest BCUT2D eigenvalue weighted by Crippen LogP contribution is 2.33. The van der Waals surface area contributed by atoms with E-state index in [4.69, 9.17) is 4.74 Å². The van der Waals surface area contributed by atoms with Gasteiger partial charge in [0.25, 0.3) is 0 Å². The van der Waals surface area contributed by atoms with E-state index in [0.717, 1.165) is 18.7 Å². The highest BCUT2D eigenvalue weighted by atomic mass is 16.5. The number of hydrogen-bond donors (Lipinski definition) is 1. The molecule has 2 rings (SSSR count). The molecule has 1 amide bonds. The monoisotopic (exact) mass is 304 g/mol. The van der Waals surface area contributed by atoms with Crippen LogP contribution < -0.4 is 10.1 Å². The molecule has 2 atom stereocenters. The summed E-state index contributed by atoms with van der Waals surface area (Å²) < 4.78 is 5.32. The number of aryl methyl sites for hydroxylation is 1. The van der Waals surface area contributed by atoms with E-state index in [0.29, 0.717) is 12.3 Å². The van der Waals surface area contributed by atoms with E-state index >= 15 is 0 Å². The zero-order chi connectivity index (χ0) is 16.1. The quantitative estimate of drug-likeness (QED) is 0.878. The van der Waals surface area contributed by atoms with Crippen LogP contribution >= 0.6 is 0 Å². The highest BCUT2D eigenvalue weighted by Gasteiger charge is 2.21. The molecule has 0 fully saturated rings. The number of nitrogens with one attached hydrogen (secondary N) is 1. The van der Waals surface area contributed by atoms with Gasteiger partial charge in [-0.15, -0.1) is 0 Å². The molecule has 1 N–H and O–H groups in total. The Hall–Kier alpha value is -1.55. The average molecular weight is 304 g/mol. The number of methoxy groups -OCH3 is 1. The maximum atomic E-state index is 11.7. The first-order valence-electron chi connectivity index (χ1n) is 8.11. The minimum Gasteiger partial charge on any atom is -0.497 e. The lowest BCUT2D eigenvalue weighted by Gasteiger charge is -2.27. The second-order valence-electron chi connectivity index (χ2n) is 6.46. The van der Waals surface area contributed by atoms with Crippen LogP contribution in [-0.2, 0) is 11.2 Å². The summed E-state index contributed by atoms with van der Waals surface area (Å²) in [4.78, 5) is 13.4. The van der Waals surface area contributed by atoms with Gasteiger partial charge in [0, 0.05) is 33.1 Å². The number of ether oxygens (including phenoxy) is 1. The number of amides is 1. The predicted octanol–water partition coefficient (Wildman–Crippen LogP) is 2.57. The molecule has 0 bridgehead atoms. The lowest BCUT2D eigenvalue weighted by molar-refractivity contribution is -0.129. The number of nitrogens with zero attached hydrogens (tertiary/aromatic N) is 1. The number of carbonyl (C=O) groups is 1. The summed E-state index contributed by atoms with van der Waals surface area (Å²) in [6.07, 6.45) is 4.12. The van der Waals surface area contributed by atoms with E-state index < -0.39 is 0 Å². The van der Waals surface area contributed by atoms with Gasteiger partial charge in [0.05, 0.1) is 7.11 Å². The van der Waals surface area contributed by atoms with Crippen LogP contribution in [0, 0.1) is 0 Å². The van der Waals surface area contributed by atoms with Gasteiger partial charge in [0.1, 0.15) is 5.75 Å². The summed E-state index contributed by atoms with van der Waals surface area (Å²) in [7, 11) is 5.33. The van der Waals surface area contributed by atoms with Crippen molar-refractivity contribution in [2.45, 2.75) is 44.6 Å². The van der Waals surface area contributed by atoms with Crippen LogP contribution in [0.4, 0.5) is 0 Å². The number of benzene rings is 1. The third-order valence-corrected chi connectivity index (χ3v) is 4.48. The SMILES string of the molecule is COc1ccc2c(c1)CCCC2CNC(C)CC(=O)N(C)C. The van der Waals surface area contributed by atoms with Crippen LogP contribution in [0.25, 0.3) is 0 Å². The van der Waals surface area contributed by atoms with Gasteiger partial charge in [-0.3, -0.25) is 4.79 Å². The minimum absolute atomic E-state index is 0.175. The Balaban J connectivity index is 1.93. The molecule has 0 saturated heterocycles. The maximum Gasteiger partial charge on any atom is 0.223 e. The van der Waals surface area contributed by atoms with Crippen molar-refractivity contribution in [1.29, 1.82) is 0 Å². The predicted molar refractivity (Wildman–Crippen MR) is 89.4 cm³/mol. The Kier molecular flexibility index (Phi) is 5.83. The molecule has 1 aromatic rings. The summed E-state index contributed by atoms with van der Waals surface area (Å²) in [5.41, 5.74) is 2.85. The number of rotatable bonds is 6. The van der Waals surface area contributed by atoms with Crippen molar-refractivity contribution in [3.63, 3.8) is 0 Å². The van der Waals surface area contributed by atoms with Gasteiger partial charge in [-0.05, 0) is 55.4 Å². The van der Waals surface area contributed by atoms with Gasteiger partial charge < -0.3 is 15.0 Å². The van der Waals surface area contributed by atoms with Crippen molar-refractivity contribution in [1.82, 2.24) is 10.2 Å². The topological polar surface area (TPSA) is 41.6 Å². The standard InChI is InChI=1S/C18H28N2O2/c1-13(10-18(21)20(2)3)19-12-15-7-5-6-14-11-16(22-4)8-9-17(14)15/h8-9,11,13,15,19H,5-7,10,12H2,1-4H3. The molecule has 22 heavy (non-hydrogen) atoms. The lowest BCUT2D eigenvalue weighted by Crippen LogP contribution is -2.36. The van der Waals surface area contributed by atoms with Gasteiger partial charge in [-0.25, -0.2) is 0 Å². The molecule has 1 aromatic carbocycles. The van der Waals surface area contributed by atoms with Crippen molar-refractivity contribution in [3.8, 4) is 5.75 Å². The van der Waals surface area contributed by atoms with E-state index in [-0.39, 0.29) is 11.9 Å². The fourth-order valence-corrected chi connectivity index (χ4v) is 3.09. The van der Waals surface area contributed by atoms with Gasteiger partial charge in [0.2, 0.25) is 5.91 Å². The van der Waals surface area contributed by atoms with Crippen molar-refractivity contribution in [2.75, 3.05) is 27.7 Å². The zero-order valence-electron chi connectivity index (χ0n) is 14.2. The average Bonchev–Trinajstić information content (AvgIpc) is 2.52. The Bertz CT molecular complexity index is 514. The summed E-state index contributed by atoms with van der Waals surface area (Å²) in [5, 5.41) is 3.53. The second-order valence-corrected chi connectivity index (χ2v) is 6.46. The fraction of sp³-hybridized carbons (Fsp3) is 0.611. The smallest absolute Gasteiger partial charge is 0.223 e. The van der Waals surface area contributed by atoms with Crippen LogP contribution in [0.5, 0.6) is 5.75 Å². The van der Waals surface area contributed by atoms with Crippen LogP contribution in [0.2, 0.25) is 0 Å². The van der Waals surface area contributed by atoms with E-state index in [2.05, 4.69) is 30.4 Å². The molecule has 0 spiro atoms. The van der Waals surface area contributed by atoms with Gasteiger partial charge >= 0.3 is 0 Å². The molecule has 122 valence electrons. The molecule has 0 aliphatic heterocycles. The third-order valence-electron chi connectivity index (χ3n) is 4.48. The molecule has 1 aliphatic carbocycles. The van der Waals surface area contributed by atoms with Crippen molar-refractivity contribution in [2.24, 2.45) is 0 Å². The molecule has 4 heteroatoms. The first kappa shape index (κ1) is 16.8. The maximum absolute atomic E-state index is 11.7. The Morgan fingerprint density at radius 3 is 2.91 bits per heavy atom. The zero-order valence-corrected chi connectivity index (χ0v) is 14.2. The summed E-state index contributed by atoms with van der Waals surface area (Å²) >= 11 is 0. The Morgan fingerprint density at radius 2 is 2.23 bits per heavy atom. The highest BCUT2D eigenvalue weighted by molar-refractivity contribution is 5.76. The van der Waals surface area contributed by atoms with Crippen LogP contribution in [0.1, 0.15) is 43.2 Å². The van der Waals surface area contributed by atoms with Crippen LogP contribution in [-0.4, -0.2) is 44.6 Å². The minimum atomic E-state index is 0.175. The van der Waals surface area contributed by atoms with E-state index in [1.54, 1.807) is 26.1 Å². The lowest BCUT2D eigenvalue weighted by atomic mass is 9.82. The van der Waals surface area contributed by atoms with Crippen molar-refractivity contribution >= 4 is 5.91 Å². The largest absolute Gasteiger partial charge is 0.497 e. The summed E-state index contributed by atoms with van der Waals surface area (Å²) in [6.45, 7) is 3.01. The first-order valence-corrected chi connectivity index (χ1v) is 8.11. The number of carbonyl (C=O) groups excluding carboxylic acids is 1. The first-order chi connectivity index (χ1) is 10.5. The normalized spacial score (nSPS) is 18.5. The molecule has 0 radical (unpaired) electrons. The molecule has 1 aliphatic rings. The Labute approximate surface area is 133 Å².